The summed E-state index contributed by atoms with van der Waals surface area (Å²) in [5.41, 5.74) is 4.96. The molecule has 1 aromatic carbocycles. The number of aromatic nitrogens is 6. The highest BCUT2D eigenvalue weighted by atomic mass is 16.3. The third-order valence-corrected chi connectivity index (χ3v) is 5.12. The second-order valence-corrected chi connectivity index (χ2v) is 7.24. The van der Waals surface area contributed by atoms with E-state index in [-0.39, 0.29) is 6.04 Å². The lowest BCUT2D eigenvalue weighted by molar-refractivity contribution is 0.208. The molecule has 0 spiro atoms. The van der Waals surface area contributed by atoms with E-state index in [1.807, 2.05) is 67.0 Å². The molecule has 0 fully saturated rings. The second-order valence-electron chi connectivity index (χ2n) is 7.24. The summed E-state index contributed by atoms with van der Waals surface area (Å²) in [6, 6.07) is 8.22. The highest BCUT2D eigenvalue weighted by Gasteiger charge is 2.19. The first-order valence-electron chi connectivity index (χ1n) is 9.48. The van der Waals surface area contributed by atoms with Crippen molar-refractivity contribution in [2.45, 2.75) is 18.6 Å². The van der Waals surface area contributed by atoms with Crippen molar-refractivity contribution in [3.8, 4) is 33.6 Å². The van der Waals surface area contributed by atoms with E-state index in [1.165, 1.54) is 0 Å². The lowest BCUT2D eigenvalue weighted by Gasteiger charge is -2.08. The van der Waals surface area contributed by atoms with Gasteiger partial charge in [0, 0.05) is 60.5 Å². The molecule has 3 aromatic heterocycles. The minimum Gasteiger partial charge on any atom is -0.389 e. The molecule has 0 amide bonds. The maximum absolute atomic E-state index is 9.66. The first-order valence-corrected chi connectivity index (χ1v) is 9.48. The Kier molecular flexibility index (Phi) is 4.29. The summed E-state index contributed by atoms with van der Waals surface area (Å²) in [5, 5.41) is 18.3. The van der Waals surface area contributed by atoms with Crippen LogP contribution in [0.3, 0.4) is 0 Å². The van der Waals surface area contributed by atoms with E-state index in [2.05, 4.69) is 32.3 Å². The van der Waals surface area contributed by atoms with Crippen molar-refractivity contribution in [3.63, 3.8) is 0 Å². The molecule has 0 radical (unpaired) electrons. The van der Waals surface area contributed by atoms with E-state index in [1.54, 1.807) is 10.9 Å². The topological polar surface area (TPSA) is 81.7 Å². The van der Waals surface area contributed by atoms with Crippen LogP contribution in [0.15, 0.2) is 73.6 Å². The summed E-state index contributed by atoms with van der Waals surface area (Å²) in [7, 11) is 1.91. The van der Waals surface area contributed by atoms with E-state index in [0.29, 0.717) is 12.2 Å². The van der Waals surface area contributed by atoms with Gasteiger partial charge >= 0.3 is 0 Å². The van der Waals surface area contributed by atoms with Crippen LogP contribution in [-0.2, 0) is 7.05 Å². The van der Waals surface area contributed by atoms with E-state index >= 15 is 0 Å². The van der Waals surface area contributed by atoms with Crippen molar-refractivity contribution in [1.82, 2.24) is 29.5 Å². The van der Waals surface area contributed by atoms with E-state index in [9.17, 15) is 5.11 Å². The Balaban J connectivity index is 1.38. The quantitative estimate of drug-likeness (QED) is 0.546. The second kappa shape index (κ2) is 7.10. The summed E-state index contributed by atoms with van der Waals surface area (Å²) in [5.74, 6) is 0.675. The summed E-state index contributed by atoms with van der Waals surface area (Å²) in [6.07, 6.45) is 15.3. The third kappa shape index (κ3) is 3.48. The van der Waals surface area contributed by atoms with Gasteiger partial charge < -0.3 is 5.11 Å². The Bertz CT molecular complexity index is 1170. The van der Waals surface area contributed by atoms with Crippen LogP contribution < -0.4 is 0 Å². The Labute approximate surface area is 168 Å². The lowest BCUT2D eigenvalue weighted by Crippen LogP contribution is -2.08. The predicted molar refractivity (Wildman–Crippen MR) is 110 cm³/mol. The number of aliphatic hydroxyl groups is 1. The number of hydrogen-bond donors (Lipinski definition) is 1. The van der Waals surface area contributed by atoms with Crippen LogP contribution in [-0.4, -0.2) is 40.7 Å². The van der Waals surface area contributed by atoms with Gasteiger partial charge in [-0.3, -0.25) is 9.36 Å². The molecule has 2 unspecified atom stereocenters. The van der Waals surface area contributed by atoms with Crippen LogP contribution in [0.1, 0.15) is 12.5 Å². The molecule has 3 heterocycles. The van der Waals surface area contributed by atoms with Crippen LogP contribution in [0.4, 0.5) is 0 Å². The van der Waals surface area contributed by atoms with Gasteiger partial charge in [0.05, 0.1) is 24.5 Å². The van der Waals surface area contributed by atoms with Crippen LogP contribution in [0, 0.1) is 0 Å². The molecule has 29 heavy (non-hydrogen) atoms. The Morgan fingerprint density at radius 3 is 2.34 bits per heavy atom. The maximum atomic E-state index is 9.66. The van der Waals surface area contributed by atoms with E-state index in [0.717, 1.165) is 27.8 Å². The minimum atomic E-state index is -0.391. The van der Waals surface area contributed by atoms with Gasteiger partial charge in [0.25, 0.3) is 0 Å². The van der Waals surface area contributed by atoms with Gasteiger partial charge in [-0.2, -0.15) is 10.2 Å². The molecule has 2 atom stereocenters. The van der Waals surface area contributed by atoms with Crippen molar-refractivity contribution in [2.24, 2.45) is 7.05 Å². The molecule has 0 bridgehead atoms. The van der Waals surface area contributed by atoms with E-state index in [4.69, 9.17) is 0 Å². The van der Waals surface area contributed by atoms with Crippen LogP contribution in [0.5, 0.6) is 0 Å². The summed E-state index contributed by atoms with van der Waals surface area (Å²) < 4.78 is 3.66. The Morgan fingerprint density at radius 2 is 1.62 bits per heavy atom. The van der Waals surface area contributed by atoms with Gasteiger partial charge in [0.2, 0.25) is 0 Å². The standard InChI is InChI=1S/C22H20N6O/c1-27-13-18(11-25-27)15-3-2-4-16(7-15)22-23-9-17(10-24-22)19-12-26-28(14-19)20-5-6-21(29)8-20/h2-7,9-14,20-21,29H,8H2,1H3. The zero-order chi connectivity index (χ0) is 19.8. The molecule has 7 nitrogen and oxygen atoms in total. The zero-order valence-electron chi connectivity index (χ0n) is 15.9. The average molecular weight is 384 g/mol. The molecule has 1 aliphatic rings. The molecule has 0 aliphatic heterocycles. The molecule has 5 rings (SSSR count). The van der Waals surface area contributed by atoms with Gasteiger partial charge in [0.15, 0.2) is 5.82 Å². The smallest absolute Gasteiger partial charge is 0.159 e. The van der Waals surface area contributed by atoms with Crippen molar-refractivity contribution < 1.29 is 5.11 Å². The van der Waals surface area contributed by atoms with E-state index < -0.39 is 6.10 Å². The van der Waals surface area contributed by atoms with Crippen LogP contribution >= 0.6 is 0 Å². The Hall–Kier alpha value is -3.58. The molecule has 144 valence electrons. The molecule has 4 aromatic rings. The number of nitrogens with zero attached hydrogens (tertiary/aromatic N) is 6. The maximum Gasteiger partial charge on any atom is 0.159 e. The number of aliphatic hydroxyl groups excluding tert-OH is 1. The fourth-order valence-corrected chi connectivity index (χ4v) is 3.56. The Morgan fingerprint density at radius 1 is 0.862 bits per heavy atom. The zero-order valence-corrected chi connectivity index (χ0v) is 15.9. The largest absolute Gasteiger partial charge is 0.389 e. The molecule has 1 N–H and O–H groups in total. The number of hydrogen-bond acceptors (Lipinski definition) is 5. The molecular weight excluding hydrogens is 364 g/mol. The number of rotatable bonds is 4. The highest BCUT2D eigenvalue weighted by molar-refractivity contribution is 5.70. The fourth-order valence-electron chi connectivity index (χ4n) is 3.56. The van der Waals surface area contributed by atoms with Crippen LogP contribution in [0.25, 0.3) is 33.6 Å². The van der Waals surface area contributed by atoms with Crippen molar-refractivity contribution in [2.75, 3.05) is 0 Å². The molecular formula is C22H20N6O. The van der Waals surface area contributed by atoms with Crippen LogP contribution in [0.2, 0.25) is 0 Å². The van der Waals surface area contributed by atoms with Gasteiger partial charge in [-0.05, 0) is 11.6 Å². The van der Waals surface area contributed by atoms with Crippen molar-refractivity contribution >= 4 is 0 Å². The van der Waals surface area contributed by atoms with Gasteiger partial charge in [-0.25, -0.2) is 9.97 Å². The van der Waals surface area contributed by atoms with Gasteiger partial charge in [-0.15, -0.1) is 0 Å². The molecule has 0 saturated carbocycles. The predicted octanol–water partition coefficient (Wildman–Crippen LogP) is 3.27. The van der Waals surface area contributed by atoms with Crippen molar-refractivity contribution in [1.29, 1.82) is 0 Å². The highest BCUT2D eigenvalue weighted by Crippen LogP contribution is 2.27. The fraction of sp³-hybridized carbons (Fsp3) is 0.182. The first kappa shape index (κ1) is 17.5. The number of benzene rings is 1. The molecule has 1 aliphatic carbocycles. The third-order valence-electron chi connectivity index (χ3n) is 5.12. The van der Waals surface area contributed by atoms with Gasteiger partial charge in [-0.1, -0.05) is 30.4 Å². The number of aryl methyl sites for hydroxylation is 1. The summed E-state index contributed by atoms with van der Waals surface area (Å²) >= 11 is 0. The SMILES string of the molecule is Cn1cc(-c2cccc(-c3ncc(-c4cnn(C5C=CC(O)C5)c4)cn3)c2)cn1. The average Bonchev–Trinajstić information content (AvgIpc) is 3.49. The summed E-state index contributed by atoms with van der Waals surface area (Å²) in [6.45, 7) is 0. The summed E-state index contributed by atoms with van der Waals surface area (Å²) in [4.78, 5) is 9.12. The first-order chi connectivity index (χ1) is 14.2. The normalized spacial score (nSPS) is 18.4. The van der Waals surface area contributed by atoms with Crippen molar-refractivity contribution in [3.05, 3.63) is 73.6 Å². The molecule has 0 saturated heterocycles. The minimum absolute atomic E-state index is 0.0918. The lowest BCUT2D eigenvalue weighted by atomic mass is 10.1. The molecule has 7 heteroatoms. The van der Waals surface area contributed by atoms with Gasteiger partial charge in [0.1, 0.15) is 0 Å². The number of allylic oxidation sites excluding steroid dienone is 1. The monoisotopic (exact) mass is 384 g/mol.